The van der Waals surface area contributed by atoms with E-state index in [9.17, 15) is 10.2 Å². The van der Waals surface area contributed by atoms with Crippen molar-refractivity contribution >= 4 is 15.9 Å². The molecule has 2 unspecified atom stereocenters. The van der Waals surface area contributed by atoms with Crippen molar-refractivity contribution in [2.45, 2.75) is 24.3 Å². The fourth-order valence-electron chi connectivity index (χ4n) is 2.36. The number of para-hydroxylation sites is 1. The van der Waals surface area contributed by atoms with Gasteiger partial charge in [0, 0.05) is 5.56 Å². The fraction of sp³-hybridized carbons (Fsp3) is 0.200. The highest BCUT2D eigenvalue weighted by Crippen LogP contribution is 2.29. The van der Waals surface area contributed by atoms with Crippen molar-refractivity contribution in [1.29, 1.82) is 0 Å². The van der Waals surface area contributed by atoms with Crippen LogP contribution in [0.3, 0.4) is 0 Å². The van der Waals surface area contributed by atoms with Crippen LogP contribution in [-0.4, -0.2) is 20.6 Å². The SMILES string of the molecule is CC1=CC=CC(C)(O)C1Br.Oc1ccccc1-c1ccccc1. The molecule has 0 aromatic heterocycles. The van der Waals surface area contributed by atoms with Gasteiger partial charge < -0.3 is 10.2 Å². The Morgan fingerprint density at radius 3 is 2.17 bits per heavy atom. The number of hydrogen-bond acceptors (Lipinski definition) is 2. The summed E-state index contributed by atoms with van der Waals surface area (Å²) in [4.78, 5) is 0.0602. The van der Waals surface area contributed by atoms with Crippen LogP contribution in [0.4, 0.5) is 0 Å². The minimum atomic E-state index is -0.723. The highest BCUT2D eigenvalue weighted by Gasteiger charge is 2.29. The van der Waals surface area contributed by atoms with Gasteiger partial charge in [0.2, 0.25) is 0 Å². The van der Waals surface area contributed by atoms with Crippen molar-refractivity contribution in [3.63, 3.8) is 0 Å². The second kappa shape index (κ2) is 7.62. The van der Waals surface area contributed by atoms with E-state index < -0.39 is 5.60 Å². The van der Waals surface area contributed by atoms with E-state index in [0.29, 0.717) is 5.75 Å². The van der Waals surface area contributed by atoms with Gasteiger partial charge in [0.25, 0.3) is 0 Å². The molecule has 0 spiro atoms. The third-order valence-electron chi connectivity index (χ3n) is 3.69. The van der Waals surface area contributed by atoms with Crippen molar-refractivity contribution in [3.8, 4) is 16.9 Å². The summed E-state index contributed by atoms with van der Waals surface area (Å²) in [5.41, 5.74) is 2.36. The second-order valence-corrected chi connectivity index (χ2v) is 6.66. The number of halogens is 1. The molecule has 1 aliphatic rings. The third kappa shape index (κ3) is 4.57. The second-order valence-electron chi connectivity index (χ2n) is 5.74. The number of hydrogen-bond donors (Lipinski definition) is 2. The summed E-state index contributed by atoms with van der Waals surface area (Å²) in [6.07, 6.45) is 5.67. The summed E-state index contributed by atoms with van der Waals surface area (Å²) in [7, 11) is 0. The van der Waals surface area contributed by atoms with Crippen molar-refractivity contribution in [2.75, 3.05) is 0 Å². The number of phenols is 1. The summed E-state index contributed by atoms with van der Waals surface area (Å²) in [6.45, 7) is 3.79. The third-order valence-corrected chi connectivity index (χ3v) is 5.34. The van der Waals surface area contributed by atoms with Gasteiger partial charge in [-0.05, 0) is 25.5 Å². The summed E-state index contributed by atoms with van der Waals surface area (Å²) in [6, 6.07) is 17.2. The van der Waals surface area contributed by atoms with Crippen molar-refractivity contribution < 1.29 is 10.2 Å². The van der Waals surface area contributed by atoms with Gasteiger partial charge in [-0.3, -0.25) is 0 Å². The van der Waals surface area contributed by atoms with Crippen molar-refractivity contribution in [1.82, 2.24) is 0 Å². The molecule has 3 heteroatoms. The summed E-state index contributed by atoms with van der Waals surface area (Å²) < 4.78 is 0. The Labute approximate surface area is 145 Å². The first-order valence-electron chi connectivity index (χ1n) is 7.47. The average Bonchev–Trinajstić information content (AvgIpc) is 2.54. The van der Waals surface area contributed by atoms with E-state index in [1.165, 1.54) is 0 Å². The summed E-state index contributed by atoms with van der Waals surface area (Å²) >= 11 is 3.41. The van der Waals surface area contributed by atoms with Crippen LogP contribution in [0.2, 0.25) is 0 Å². The number of rotatable bonds is 1. The Bertz CT molecular complexity index is 703. The van der Waals surface area contributed by atoms with Gasteiger partial charge in [-0.1, -0.05) is 88.3 Å². The zero-order valence-corrected chi connectivity index (χ0v) is 14.9. The van der Waals surface area contributed by atoms with Gasteiger partial charge >= 0.3 is 0 Å². The lowest BCUT2D eigenvalue weighted by molar-refractivity contribution is 0.118. The number of allylic oxidation sites excluding steroid dienone is 2. The molecule has 0 amide bonds. The van der Waals surface area contributed by atoms with Crippen LogP contribution < -0.4 is 0 Å². The van der Waals surface area contributed by atoms with E-state index >= 15 is 0 Å². The fourth-order valence-corrected chi connectivity index (χ4v) is 2.67. The van der Waals surface area contributed by atoms with Crippen LogP contribution in [0, 0.1) is 0 Å². The maximum Gasteiger partial charge on any atom is 0.123 e. The lowest BCUT2D eigenvalue weighted by atomic mass is 9.92. The Balaban J connectivity index is 0.000000174. The Morgan fingerprint density at radius 1 is 1.00 bits per heavy atom. The minimum absolute atomic E-state index is 0.0602. The lowest BCUT2D eigenvalue weighted by Crippen LogP contribution is -2.34. The van der Waals surface area contributed by atoms with Crippen molar-refractivity contribution in [3.05, 3.63) is 78.4 Å². The molecule has 3 rings (SSSR count). The molecule has 0 heterocycles. The van der Waals surface area contributed by atoms with E-state index in [1.807, 2.05) is 67.6 Å². The van der Waals surface area contributed by atoms with E-state index in [2.05, 4.69) is 15.9 Å². The first-order chi connectivity index (χ1) is 10.9. The smallest absolute Gasteiger partial charge is 0.123 e. The molecule has 0 fully saturated rings. The maximum absolute atomic E-state index is 9.64. The normalized spacial score (nSPS) is 22.8. The molecule has 2 aromatic rings. The maximum atomic E-state index is 9.64. The van der Waals surface area contributed by atoms with Crippen LogP contribution in [0.5, 0.6) is 5.75 Å². The molecule has 1 aliphatic carbocycles. The summed E-state index contributed by atoms with van der Waals surface area (Å²) in [5.74, 6) is 0.328. The van der Waals surface area contributed by atoms with Crippen LogP contribution in [-0.2, 0) is 0 Å². The van der Waals surface area contributed by atoms with Gasteiger partial charge in [0.15, 0.2) is 0 Å². The molecular formula is C20H21BrO2. The van der Waals surface area contributed by atoms with Gasteiger partial charge in [-0.15, -0.1) is 0 Å². The molecule has 0 saturated carbocycles. The molecule has 0 bridgehead atoms. The molecule has 2 N–H and O–H groups in total. The highest BCUT2D eigenvalue weighted by molar-refractivity contribution is 9.09. The lowest BCUT2D eigenvalue weighted by Gasteiger charge is -2.28. The zero-order valence-electron chi connectivity index (χ0n) is 13.3. The van der Waals surface area contributed by atoms with E-state index in [-0.39, 0.29) is 4.83 Å². The number of phenolic OH excluding ortho intramolecular Hbond substituents is 1. The number of aromatic hydroxyl groups is 1. The predicted octanol–water partition coefficient (Wildman–Crippen LogP) is 5.08. The molecule has 0 aliphatic heterocycles. The van der Waals surface area contributed by atoms with E-state index in [1.54, 1.807) is 19.1 Å². The molecule has 0 radical (unpaired) electrons. The van der Waals surface area contributed by atoms with Crippen LogP contribution in [0.15, 0.2) is 78.4 Å². The topological polar surface area (TPSA) is 40.5 Å². The number of aliphatic hydroxyl groups is 1. The monoisotopic (exact) mass is 372 g/mol. The Hall–Kier alpha value is -1.84. The number of benzene rings is 2. The summed E-state index contributed by atoms with van der Waals surface area (Å²) in [5, 5.41) is 19.2. The molecule has 2 nitrogen and oxygen atoms in total. The number of alkyl halides is 1. The van der Waals surface area contributed by atoms with E-state index in [0.717, 1.165) is 16.7 Å². The van der Waals surface area contributed by atoms with Crippen molar-refractivity contribution in [2.24, 2.45) is 0 Å². The van der Waals surface area contributed by atoms with Gasteiger partial charge in [-0.2, -0.15) is 0 Å². The average molecular weight is 373 g/mol. The van der Waals surface area contributed by atoms with Crippen LogP contribution in [0.25, 0.3) is 11.1 Å². The van der Waals surface area contributed by atoms with Crippen LogP contribution in [0.1, 0.15) is 13.8 Å². The molecule has 2 atom stereocenters. The molecule has 120 valence electrons. The zero-order chi connectivity index (χ0) is 16.9. The Kier molecular flexibility index (Phi) is 5.80. The largest absolute Gasteiger partial charge is 0.507 e. The standard InChI is InChI=1S/C12H10O.C8H11BrO/c13-12-9-5-4-8-11(12)10-6-2-1-3-7-10;1-6-4-3-5-8(2,10)7(6)9/h1-9,13H;3-5,7,10H,1-2H3. The molecule has 23 heavy (non-hydrogen) atoms. The van der Waals surface area contributed by atoms with Crippen LogP contribution >= 0.6 is 15.9 Å². The molecule has 0 saturated heterocycles. The van der Waals surface area contributed by atoms with Gasteiger partial charge in [-0.25, -0.2) is 0 Å². The quantitative estimate of drug-likeness (QED) is 0.685. The van der Waals surface area contributed by atoms with Gasteiger partial charge in [0.1, 0.15) is 5.75 Å². The first kappa shape index (κ1) is 17.5. The molecule has 2 aromatic carbocycles. The predicted molar refractivity (Wildman–Crippen MR) is 99.8 cm³/mol. The minimum Gasteiger partial charge on any atom is -0.507 e. The molecular weight excluding hydrogens is 352 g/mol. The highest BCUT2D eigenvalue weighted by atomic mass is 79.9. The first-order valence-corrected chi connectivity index (χ1v) is 8.39. The van der Waals surface area contributed by atoms with E-state index in [4.69, 9.17) is 0 Å². The Morgan fingerprint density at radius 2 is 1.61 bits per heavy atom. The van der Waals surface area contributed by atoms with Gasteiger partial charge in [0.05, 0.1) is 10.4 Å².